The van der Waals surface area contributed by atoms with Crippen molar-refractivity contribution >= 4 is 46.0 Å². The van der Waals surface area contributed by atoms with Gasteiger partial charge >= 0.3 is 0 Å². The van der Waals surface area contributed by atoms with Crippen LogP contribution in [0.4, 0.5) is 8.78 Å². The van der Waals surface area contributed by atoms with Gasteiger partial charge in [0.25, 0.3) is 0 Å². The van der Waals surface area contributed by atoms with Gasteiger partial charge < -0.3 is 15.7 Å². The second kappa shape index (κ2) is 10.6. The number of halogens is 4. The van der Waals surface area contributed by atoms with Crippen molar-refractivity contribution in [1.29, 1.82) is 0 Å². The molecule has 10 heteroatoms. The van der Waals surface area contributed by atoms with Crippen LogP contribution in [0.3, 0.4) is 0 Å². The summed E-state index contributed by atoms with van der Waals surface area (Å²) in [5.41, 5.74) is -1.20. The summed E-state index contributed by atoms with van der Waals surface area (Å²) in [7, 11) is 0. The molecule has 0 radical (unpaired) electrons. The van der Waals surface area contributed by atoms with Crippen molar-refractivity contribution in [3.8, 4) is 0 Å². The number of carbonyl (C=O) groups is 2. The number of aliphatic hydroxyl groups excluding tert-OH is 1. The molecular weight excluding hydrogens is 565 g/mol. The third-order valence-corrected chi connectivity index (χ3v) is 9.88. The lowest BCUT2D eigenvalue weighted by Gasteiger charge is -2.38. The fourth-order valence-corrected chi connectivity index (χ4v) is 8.21. The van der Waals surface area contributed by atoms with Gasteiger partial charge in [0, 0.05) is 22.9 Å². The number of rotatable bonds is 4. The summed E-state index contributed by atoms with van der Waals surface area (Å²) in [6.07, 6.45) is 2.47. The number of thioether (sulfide) groups is 1. The Balaban J connectivity index is 1.69. The Morgan fingerprint density at radius 1 is 1.15 bits per heavy atom. The lowest BCUT2D eigenvalue weighted by molar-refractivity contribution is -0.124. The largest absolute Gasteiger partial charge is 0.393 e. The minimum absolute atomic E-state index is 0.108. The molecule has 0 aromatic heterocycles. The molecule has 0 bridgehead atoms. The van der Waals surface area contributed by atoms with Gasteiger partial charge in [0.05, 0.1) is 27.6 Å². The van der Waals surface area contributed by atoms with Gasteiger partial charge in [-0.15, -0.1) is 0 Å². The molecule has 3 aliphatic rings. The van der Waals surface area contributed by atoms with Crippen LogP contribution >= 0.6 is 35.0 Å². The van der Waals surface area contributed by atoms with E-state index in [1.54, 1.807) is 12.1 Å². The third kappa shape index (κ3) is 5.12. The average Bonchev–Trinajstić information content (AvgIpc) is 3.32. The van der Waals surface area contributed by atoms with Crippen molar-refractivity contribution < 1.29 is 23.5 Å². The number of carbonyl (C=O) groups excluding carboxylic acids is 2. The quantitative estimate of drug-likeness (QED) is 0.396. The Hall–Kier alpha value is -1.71. The molecule has 2 aliphatic heterocycles. The zero-order valence-electron chi connectivity index (χ0n) is 22.0. The zero-order chi connectivity index (χ0) is 28.3. The van der Waals surface area contributed by atoms with Gasteiger partial charge in [-0.1, -0.05) is 67.9 Å². The second-order valence-corrected chi connectivity index (χ2v) is 13.9. The summed E-state index contributed by atoms with van der Waals surface area (Å²) in [5, 5.41) is 15.9. The van der Waals surface area contributed by atoms with E-state index in [-0.39, 0.29) is 44.2 Å². The van der Waals surface area contributed by atoms with Crippen LogP contribution in [0.5, 0.6) is 0 Å². The van der Waals surface area contributed by atoms with Gasteiger partial charge in [0.15, 0.2) is 0 Å². The van der Waals surface area contributed by atoms with Crippen LogP contribution in [0.1, 0.15) is 69.9 Å². The standard InChI is InChI=1S/C29H32Cl2F2N2O3S/c1-28(2,3)13-22-29(17-11-20(32)19(31)12-21(17)39-27(29)38)23(16-5-4-6-18(30)24(16)33)25(35-22)26(37)34-14-7-9-15(36)10-8-14/h4-6,11-12,14-15,22-23,25,35-36H,7-10,13H2,1-3H3,(H,34,37)/t14-,15-,22-,23+,25-,29+/m1/s1. The van der Waals surface area contributed by atoms with Crippen molar-refractivity contribution in [2.24, 2.45) is 5.41 Å². The predicted octanol–water partition coefficient (Wildman–Crippen LogP) is 6.12. The summed E-state index contributed by atoms with van der Waals surface area (Å²) < 4.78 is 30.8. The van der Waals surface area contributed by atoms with Crippen molar-refractivity contribution in [2.75, 3.05) is 0 Å². The van der Waals surface area contributed by atoms with Crippen LogP contribution < -0.4 is 10.6 Å². The Morgan fingerprint density at radius 2 is 1.85 bits per heavy atom. The molecule has 1 saturated heterocycles. The first kappa shape index (κ1) is 28.8. The van der Waals surface area contributed by atoms with Crippen LogP contribution in [0.15, 0.2) is 35.2 Å². The minimum atomic E-state index is -1.45. The molecule has 2 heterocycles. The third-order valence-electron chi connectivity index (χ3n) is 8.22. The lowest BCUT2D eigenvalue weighted by atomic mass is 9.62. The van der Waals surface area contributed by atoms with Gasteiger partial charge in [0.2, 0.25) is 11.0 Å². The second-order valence-electron chi connectivity index (χ2n) is 12.1. The van der Waals surface area contributed by atoms with Gasteiger partial charge in [-0.25, -0.2) is 8.78 Å². The fraction of sp³-hybridized carbons (Fsp3) is 0.517. The topological polar surface area (TPSA) is 78.4 Å². The molecule has 1 spiro atoms. The van der Waals surface area contributed by atoms with Gasteiger partial charge in [0.1, 0.15) is 11.6 Å². The molecule has 5 rings (SSSR count). The highest BCUT2D eigenvalue weighted by Gasteiger charge is 2.66. The molecule has 2 aromatic carbocycles. The van der Waals surface area contributed by atoms with Crippen molar-refractivity contribution in [3.05, 3.63) is 63.1 Å². The first-order chi connectivity index (χ1) is 18.3. The van der Waals surface area contributed by atoms with E-state index in [1.165, 1.54) is 18.2 Å². The highest BCUT2D eigenvalue weighted by molar-refractivity contribution is 8.14. The van der Waals surface area contributed by atoms with E-state index in [2.05, 4.69) is 10.6 Å². The van der Waals surface area contributed by atoms with Crippen LogP contribution in [0.2, 0.25) is 10.0 Å². The maximum absolute atomic E-state index is 15.8. The number of aliphatic hydroxyl groups is 1. The summed E-state index contributed by atoms with van der Waals surface area (Å²) >= 11 is 13.3. The maximum Gasteiger partial charge on any atom is 0.238 e. The number of hydrogen-bond acceptors (Lipinski definition) is 5. The zero-order valence-corrected chi connectivity index (χ0v) is 24.3. The summed E-state index contributed by atoms with van der Waals surface area (Å²) in [6, 6.07) is 5.52. The van der Waals surface area contributed by atoms with Crippen molar-refractivity contribution in [2.45, 2.75) is 93.3 Å². The monoisotopic (exact) mass is 596 g/mol. The Morgan fingerprint density at radius 3 is 2.51 bits per heavy atom. The molecule has 39 heavy (non-hydrogen) atoms. The molecular formula is C29H32Cl2F2N2O3S. The maximum atomic E-state index is 15.8. The minimum Gasteiger partial charge on any atom is -0.393 e. The molecule has 0 unspecified atom stereocenters. The number of nitrogens with one attached hydrogen (secondary N) is 2. The summed E-state index contributed by atoms with van der Waals surface area (Å²) in [5.74, 6) is -2.75. The SMILES string of the molecule is CC(C)(C)C[C@H]1N[C@@H](C(=O)N[C@H]2CC[C@H](O)CC2)[C@H](c2cccc(Cl)c2F)[C@@]12C(=O)Sc1cc(Cl)c(F)cc12. The highest BCUT2D eigenvalue weighted by Crippen LogP contribution is 2.60. The van der Waals surface area contributed by atoms with E-state index < -0.39 is 35.1 Å². The molecule has 2 aromatic rings. The highest BCUT2D eigenvalue weighted by atomic mass is 35.5. The van der Waals surface area contributed by atoms with E-state index in [9.17, 15) is 14.7 Å². The van der Waals surface area contributed by atoms with Crippen LogP contribution in [0.25, 0.3) is 0 Å². The van der Waals surface area contributed by atoms with Crippen LogP contribution in [0, 0.1) is 17.0 Å². The molecule has 2 fully saturated rings. The molecule has 1 aliphatic carbocycles. The fourth-order valence-electron chi connectivity index (χ4n) is 6.54. The van der Waals surface area contributed by atoms with Gasteiger partial charge in [-0.2, -0.15) is 0 Å². The Bertz CT molecular complexity index is 1310. The first-order valence-electron chi connectivity index (χ1n) is 13.2. The molecule has 3 N–H and O–H groups in total. The normalized spacial score (nSPS) is 30.6. The Labute approximate surface area is 241 Å². The molecule has 5 nitrogen and oxygen atoms in total. The lowest BCUT2D eigenvalue weighted by Crippen LogP contribution is -2.49. The molecule has 1 amide bonds. The smallest absolute Gasteiger partial charge is 0.238 e. The van der Waals surface area contributed by atoms with Gasteiger partial charge in [-0.05, 0) is 66.8 Å². The van der Waals surface area contributed by atoms with Crippen LogP contribution in [-0.4, -0.2) is 40.4 Å². The first-order valence-corrected chi connectivity index (χ1v) is 14.8. The van der Waals surface area contributed by atoms with Crippen LogP contribution in [-0.2, 0) is 15.0 Å². The van der Waals surface area contributed by atoms with E-state index >= 15 is 8.78 Å². The number of hydrogen-bond donors (Lipinski definition) is 3. The van der Waals surface area contributed by atoms with E-state index in [4.69, 9.17) is 23.2 Å². The Kier molecular flexibility index (Phi) is 7.83. The van der Waals surface area contributed by atoms with E-state index in [1.807, 2.05) is 20.8 Å². The molecule has 210 valence electrons. The molecule has 4 atom stereocenters. The summed E-state index contributed by atoms with van der Waals surface area (Å²) in [4.78, 5) is 28.7. The van der Waals surface area contributed by atoms with Gasteiger partial charge in [-0.3, -0.25) is 9.59 Å². The number of amides is 1. The molecule has 1 saturated carbocycles. The summed E-state index contributed by atoms with van der Waals surface area (Å²) in [6.45, 7) is 6.07. The predicted molar refractivity (Wildman–Crippen MR) is 149 cm³/mol. The average molecular weight is 598 g/mol. The van der Waals surface area contributed by atoms with E-state index in [0.717, 1.165) is 11.8 Å². The van der Waals surface area contributed by atoms with Crippen molar-refractivity contribution in [1.82, 2.24) is 10.6 Å². The van der Waals surface area contributed by atoms with E-state index in [0.29, 0.717) is 42.6 Å². The number of benzene rings is 2. The number of fused-ring (bicyclic) bond motifs is 2. The van der Waals surface area contributed by atoms with Crippen molar-refractivity contribution in [3.63, 3.8) is 0 Å².